The number of sulfone groups is 1. The number of anilines is 1. The molecule has 0 unspecified atom stereocenters. The van der Waals surface area contributed by atoms with Crippen LogP contribution in [0.4, 0.5) is 5.69 Å². The summed E-state index contributed by atoms with van der Waals surface area (Å²) in [6.45, 7) is 2.55. The zero-order valence-electron chi connectivity index (χ0n) is 11.9. The SMILES string of the molecule is CCS(=O)(=O)c1ccccc1N(CCBr)C1CCCC1. The van der Waals surface area contributed by atoms with E-state index in [2.05, 4.69) is 20.8 Å². The summed E-state index contributed by atoms with van der Waals surface area (Å²) in [5.41, 5.74) is 0.876. The fraction of sp³-hybridized carbons (Fsp3) is 0.600. The zero-order chi connectivity index (χ0) is 14.6. The highest BCUT2D eigenvalue weighted by Crippen LogP contribution is 2.32. The Labute approximate surface area is 130 Å². The Bertz CT molecular complexity index is 539. The number of benzene rings is 1. The largest absolute Gasteiger partial charge is 0.367 e. The molecule has 0 heterocycles. The second-order valence-corrected chi connectivity index (χ2v) is 8.23. The minimum atomic E-state index is -3.18. The lowest BCUT2D eigenvalue weighted by Gasteiger charge is -2.32. The molecule has 1 aliphatic rings. The standard InChI is InChI=1S/C15H22BrNO2S/c1-2-20(18,19)15-10-6-5-9-14(15)17(12-11-16)13-7-3-4-8-13/h5-6,9-10,13H,2-4,7-8,11-12H2,1H3. The molecule has 0 aliphatic heterocycles. The Hall–Kier alpha value is -0.550. The summed E-state index contributed by atoms with van der Waals surface area (Å²) < 4.78 is 24.6. The van der Waals surface area contributed by atoms with E-state index >= 15 is 0 Å². The zero-order valence-corrected chi connectivity index (χ0v) is 14.3. The number of hydrogen-bond donors (Lipinski definition) is 0. The summed E-state index contributed by atoms with van der Waals surface area (Å²) >= 11 is 3.50. The minimum absolute atomic E-state index is 0.150. The van der Waals surface area contributed by atoms with Gasteiger partial charge in [-0.1, -0.05) is 47.8 Å². The van der Waals surface area contributed by atoms with E-state index in [-0.39, 0.29) is 5.75 Å². The van der Waals surface area contributed by atoms with Gasteiger partial charge < -0.3 is 4.90 Å². The third kappa shape index (κ3) is 3.37. The molecule has 1 aromatic rings. The molecule has 1 aromatic carbocycles. The van der Waals surface area contributed by atoms with Crippen molar-refractivity contribution < 1.29 is 8.42 Å². The normalized spacial score (nSPS) is 16.5. The molecule has 2 rings (SSSR count). The maximum absolute atomic E-state index is 12.3. The summed E-state index contributed by atoms with van der Waals surface area (Å²) in [5.74, 6) is 0.150. The number of hydrogen-bond acceptors (Lipinski definition) is 3. The van der Waals surface area contributed by atoms with E-state index in [1.165, 1.54) is 12.8 Å². The van der Waals surface area contributed by atoms with Crippen LogP contribution in [0.25, 0.3) is 0 Å². The van der Waals surface area contributed by atoms with E-state index in [0.29, 0.717) is 10.9 Å². The molecular weight excluding hydrogens is 338 g/mol. The first-order chi connectivity index (χ1) is 9.60. The van der Waals surface area contributed by atoms with E-state index in [4.69, 9.17) is 0 Å². The van der Waals surface area contributed by atoms with Crippen LogP contribution in [0.5, 0.6) is 0 Å². The number of alkyl halides is 1. The average Bonchev–Trinajstić information content (AvgIpc) is 2.98. The van der Waals surface area contributed by atoms with Crippen LogP contribution in [0.3, 0.4) is 0 Å². The van der Waals surface area contributed by atoms with E-state index in [1.54, 1.807) is 13.0 Å². The van der Waals surface area contributed by atoms with Gasteiger partial charge in [-0.2, -0.15) is 0 Å². The summed E-state index contributed by atoms with van der Waals surface area (Å²) in [7, 11) is -3.18. The van der Waals surface area contributed by atoms with Crippen LogP contribution in [0, 0.1) is 0 Å². The Balaban J connectivity index is 2.42. The molecule has 0 amide bonds. The van der Waals surface area contributed by atoms with Gasteiger partial charge in [0.05, 0.1) is 16.3 Å². The number of halogens is 1. The van der Waals surface area contributed by atoms with Gasteiger partial charge in [-0.05, 0) is 25.0 Å². The van der Waals surface area contributed by atoms with Crippen LogP contribution in [-0.4, -0.2) is 32.1 Å². The minimum Gasteiger partial charge on any atom is -0.367 e. The third-order valence-electron chi connectivity index (χ3n) is 3.98. The van der Waals surface area contributed by atoms with E-state index in [1.807, 2.05) is 18.2 Å². The molecule has 1 aliphatic carbocycles. The fourth-order valence-electron chi connectivity index (χ4n) is 2.92. The van der Waals surface area contributed by atoms with Crippen LogP contribution in [-0.2, 0) is 9.84 Å². The van der Waals surface area contributed by atoms with E-state index < -0.39 is 9.84 Å². The van der Waals surface area contributed by atoms with E-state index in [0.717, 1.165) is 30.4 Å². The first-order valence-corrected chi connectivity index (χ1v) is 10.0. The number of nitrogens with zero attached hydrogens (tertiary/aromatic N) is 1. The summed E-state index contributed by atoms with van der Waals surface area (Å²) in [4.78, 5) is 2.76. The lowest BCUT2D eigenvalue weighted by molar-refractivity contribution is 0.591. The van der Waals surface area contributed by atoms with Gasteiger partial charge in [0, 0.05) is 17.9 Å². The van der Waals surface area contributed by atoms with Crippen molar-refractivity contribution in [2.75, 3.05) is 22.5 Å². The highest BCUT2D eigenvalue weighted by Gasteiger charge is 2.26. The molecule has 20 heavy (non-hydrogen) atoms. The topological polar surface area (TPSA) is 37.4 Å². The number of para-hydroxylation sites is 1. The summed E-state index contributed by atoms with van der Waals surface area (Å²) in [5, 5.41) is 0.851. The van der Waals surface area contributed by atoms with Gasteiger partial charge in [0.2, 0.25) is 0 Å². The second kappa shape index (κ2) is 6.94. The molecule has 1 saturated carbocycles. The van der Waals surface area contributed by atoms with Gasteiger partial charge in [-0.15, -0.1) is 0 Å². The predicted molar refractivity (Wildman–Crippen MR) is 87.6 cm³/mol. The van der Waals surface area contributed by atoms with Crippen LogP contribution < -0.4 is 4.90 Å². The number of rotatable bonds is 6. The fourth-order valence-corrected chi connectivity index (χ4v) is 4.40. The van der Waals surface area contributed by atoms with Gasteiger partial charge in [-0.3, -0.25) is 0 Å². The summed E-state index contributed by atoms with van der Waals surface area (Å²) in [6, 6.07) is 7.90. The highest BCUT2D eigenvalue weighted by molar-refractivity contribution is 9.09. The van der Waals surface area contributed by atoms with Crippen molar-refractivity contribution in [3.05, 3.63) is 24.3 Å². The maximum Gasteiger partial charge on any atom is 0.180 e. The van der Waals surface area contributed by atoms with Gasteiger partial charge >= 0.3 is 0 Å². The van der Waals surface area contributed by atoms with Gasteiger partial charge in [0.1, 0.15) is 0 Å². The Morgan fingerprint density at radius 2 is 1.90 bits per heavy atom. The third-order valence-corrected chi connectivity index (χ3v) is 6.11. The van der Waals surface area contributed by atoms with Crippen molar-refractivity contribution in [2.24, 2.45) is 0 Å². The van der Waals surface area contributed by atoms with Crippen molar-refractivity contribution in [3.8, 4) is 0 Å². The van der Waals surface area contributed by atoms with Crippen LogP contribution in [0.1, 0.15) is 32.6 Å². The first kappa shape index (κ1) is 15.8. The second-order valence-electron chi connectivity index (χ2n) is 5.19. The Morgan fingerprint density at radius 3 is 2.50 bits per heavy atom. The van der Waals surface area contributed by atoms with Crippen molar-refractivity contribution in [3.63, 3.8) is 0 Å². The molecule has 0 spiro atoms. The lowest BCUT2D eigenvalue weighted by Crippen LogP contribution is -2.36. The van der Waals surface area contributed by atoms with Crippen molar-refractivity contribution in [1.82, 2.24) is 0 Å². The first-order valence-electron chi connectivity index (χ1n) is 7.24. The van der Waals surface area contributed by atoms with Gasteiger partial charge in [0.25, 0.3) is 0 Å². The average molecular weight is 360 g/mol. The lowest BCUT2D eigenvalue weighted by atomic mass is 10.2. The molecule has 5 heteroatoms. The monoisotopic (exact) mass is 359 g/mol. The predicted octanol–water partition coefficient (Wildman–Crippen LogP) is 3.62. The molecule has 0 bridgehead atoms. The molecule has 0 atom stereocenters. The quantitative estimate of drug-likeness (QED) is 0.727. The smallest absolute Gasteiger partial charge is 0.180 e. The van der Waals surface area contributed by atoms with E-state index in [9.17, 15) is 8.42 Å². The van der Waals surface area contributed by atoms with Crippen LogP contribution in [0.15, 0.2) is 29.2 Å². The summed E-state index contributed by atoms with van der Waals surface area (Å²) in [6.07, 6.45) is 4.80. The molecule has 0 saturated heterocycles. The molecule has 1 fully saturated rings. The molecule has 3 nitrogen and oxygen atoms in total. The van der Waals surface area contributed by atoms with Crippen molar-refractivity contribution in [1.29, 1.82) is 0 Å². The van der Waals surface area contributed by atoms with Crippen molar-refractivity contribution >= 4 is 31.5 Å². The van der Waals surface area contributed by atoms with Crippen molar-refractivity contribution in [2.45, 2.75) is 43.5 Å². The molecule has 0 aromatic heterocycles. The van der Waals surface area contributed by atoms with Gasteiger partial charge in [0.15, 0.2) is 9.84 Å². The maximum atomic E-state index is 12.3. The van der Waals surface area contributed by atoms with Crippen LogP contribution in [0.2, 0.25) is 0 Å². The highest BCUT2D eigenvalue weighted by atomic mass is 79.9. The molecule has 0 radical (unpaired) electrons. The van der Waals surface area contributed by atoms with Crippen LogP contribution >= 0.6 is 15.9 Å². The Kier molecular flexibility index (Phi) is 5.49. The molecule has 0 N–H and O–H groups in total. The Morgan fingerprint density at radius 1 is 1.25 bits per heavy atom. The molecule has 112 valence electrons. The van der Waals surface area contributed by atoms with Gasteiger partial charge in [-0.25, -0.2) is 8.42 Å². The molecular formula is C15H22BrNO2S.